The second-order valence-electron chi connectivity index (χ2n) is 4.44. The fourth-order valence-electron chi connectivity index (χ4n) is 2.41. The van der Waals surface area contributed by atoms with Crippen LogP contribution in [0.15, 0.2) is 36.8 Å². The molecule has 3 aromatic heterocycles. The normalized spacial score (nSPS) is 11.3. The summed E-state index contributed by atoms with van der Waals surface area (Å²) in [5, 5.41) is 11.6. The van der Waals surface area contributed by atoms with Gasteiger partial charge in [0.25, 0.3) is 0 Å². The van der Waals surface area contributed by atoms with Crippen molar-refractivity contribution in [2.24, 2.45) is 0 Å². The van der Waals surface area contributed by atoms with Crippen molar-refractivity contribution in [1.82, 2.24) is 24.0 Å². The van der Waals surface area contributed by atoms with E-state index in [9.17, 15) is 4.79 Å². The Bertz CT molecular complexity index is 986. The monoisotopic (exact) mass is 282 g/mol. The Morgan fingerprint density at radius 3 is 3.00 bits per heavy atom. The number of anilines is 1. The van der Waals surface area contributed by atoms with Crippen LogP contribution in [0.3, 0.4) is 0 Å². The average Bonchev–Trinajstić information content (AvgIpc) is 3.14. The molecule has 21 heavy (non-hydrogen) atoms. The Morgan fingerprint density at radius 2 is 2.14 bits per heavy atom. The molecule has 3 heterocycles. The predicted octanol–water partition coefficient (Wildman–Crippen LogP) is 1.71. The van der Waals surface area contributed by atoms with Gasteiger partial charge in [0.15, 0.2) is 5.65 Å². The first-order valence-electron chi connectivity index (χ1n) is 6.22. The van der Waals surface area contributed by atoms with Gasteiger partial charge in [-0.15, -0.1) is 10.2 Å². The maximum absolute atomic E-state index is 11.4. The number of amides is 1. The number of benzene rings is 1. The lowest BCUT2D eigenvalue weighted by Gasteiger charge is -2.07. The van der Waals surface area contributed by atoms with Crippen molar-refractivity contribution in [3.05, 3.63) is 36.8 Å². The van der Waals surface area contributed by atoms with Gasteiger partial charge in [0.1, 0.15) is 12.0 Å². The van der Waals surface area contributed by atoms with Gasteiger partial charge in [0.05, 0.1) is 18.8 Å². The van der Waals surface area contributed by atoms with E-state index in [4.69, 9.17) is 0 Å². The van der Waals surface area contributed by atoms with Crippen LogP contribution in [0.25, 0.3) is 22.2 Å². The van der Waals surface area contributed by atoms with Gasteiger partial charge in [0, 0.05) is 5.39 Å². The van der Waals surface area contributed by atoms with E-state index in [0.717, 1.165) is 16.6 Å². The molecule has 0 fully saturated rings. The molecule has 4 rings (SSSR count). The molecule has 0 unspecified atom stereocenters. The van der Waals surface area contributed by atoms with Gasteiger partial charge >= 0.3 is 6.09 Å². The maximum Gasteiger partial charge on any atom is 0.413 e. The standard InChI is InChI=1S/C13H10N6O2/c1-21-13(20)15-12-17-16-11-8-4-2-3-5-9(8)18-7-14-6-10(18)19(11)12/h2-7H,1H3,(H,15,17,20). The van der Waals surface area contributed by atoms with E-state index in [-0.39, 0.29) is 5.95 Å². The number of hydrogen-bond donors (Lipinski definition) is 1. The van der Waals surface area contributed by atoms with Crippen molar-refractivity contribution in [2.45, 2.75) is 0 Å². The highest BCUT2D eigenvalue weighted by atomic mass is 16.5. The Labute approximate surface area is 118 Å². The number of ether oxygens (including phenoxy) is 1. The number of imidazole rings is 1. The topological polar surface area (TPSA) is 85.8 Å². The zero-order valence-electron chi connectivity index (χ0n) is 11.0. The van der Waals surface area contributed by atoms with E-state index >= 15 is 0 Å². The summed E-state index contributed by atoms with van der Waals surface area (Å²) in [4.78, 5) is 15.6. The van der Waals surface area contributed by atoms with Gasteiger partial charge in [-0.3, -0.25) is 9.72 Å². The first-order chi connectivity index (χ1) is 10.3. The number of rotatable bonds is 1. The van der Waals surface area contributed by atoms with E-state index in [1.54, 1.807) is 16.9 Å². The van der Waals surface area contributed by atoms with Crippen LogP contribution in [0, 0.1) is 0 Å². The number of carbonyl (C=O) groups excluding carboxylic acids is 1. The number of aromatic nitrogens is 5. The number of hydrogen-bond acceptors (Lipinski definition) is 5. The highest BCUT2D eigenvalue weighted by Gasteiger charge is 2.16. The van der Waals surface area contributed by atoms with Crippen molar-refractivity contribution >= 4 is 34.2 Å². The van der Waals surface area contributed by atoms with Gasteiger partial charge in [-0.2, -0.15) is 0 Å². The number of nitrogens with one attached hydrogen (secondary N) is 1. The molecule has 1 amide bonds. The van der Waals surface area contributed by atoms with Crippen LogP contribution in [0.5, 0.6) is 0 Å². The highest BCUT2D eigenvalue weighted by Crippen LogP contribution is 2.24. The quantitative estimate of drug-likeness (QED) is 0.574. The van der Waals surface area contributed by atoms with Crippen molar-refractivity contribution in [1.29, 1.82) is 0 Å². The third kappa shape index (κ3) is 1.55. The molecule has 8 nitrogen and oxygen atoms in total. The molecule has 0 radical (unpaired) electrons. The molecular weight excluding hydrogens is 272 g/mol. The Morgan fingerprint density at radius 1 is 1.29 bits per heavy atom. The van der Waals surface area contributed by atoms with Crippen molar-refractivity contribution < 1.29 is 9.53 Å². The van der Waals surface area contributed by atoms with Crippen molar-refractivity contribution in [3.63, 3.8) is 0 Å². The van der Waals surface area contributed by atoms with E-state index in [1.807, 2.05) is 28.7 Å². The Kier molecular flexibility index (Phi) is 2.31. The third-order valence-corrected chi connectivity index (χ3v) is 3.31. The van der Waals surface area contributed by atoms with Gasteiger partial charge < -0.3 is 4.74 Å². The van der Waals surface area contributed by atoms with Crippen LogP contribution >= 0.6 is 0 Å². The highest BCUT2D eigenvalue weighted by molar-refractivity contribution is 5.95. The second kappa shape index (κ2) is 4.17. The van der Waals surface area contributed by atoms with Crippen LogP contribution in [-0.2, 0) is 4.74 Å². The summed E-state index contributed by atoms with van der Waals surface area (Å²) in [6.45, 7) is 0. The molecular formula is C13H10N6O2. The second-order valence-corrected chi connectivity index (χ2v) is 4.44. The number of carbonyl (C=O) groups is 1. The first-order valence-corrected chi connectivity index (χ1v) is 6.22. The van der Waals surface area contributed by atoms with Crippen molar-refractivity contribution in [2.75, 3.05) is 12.4 Å². The number of para-hydroxylation sites is 1. The fourth-order valence-corrected chi connectivity index (χ4v) is 2.41. The minimum atomic E-state index is -0.602. The summed E-state index contributed by atoms with van der Waals surface area (Å²) in [6, 6.07) is 7.79. The van der Waals surface area contributed by atoms with Crippen LogP contribution in [0.4, 0.5) is 10.7 Å². The minimum absolute atomic E-state index is 0.285. The third-order valence-electron chi connectivity index (χ3n) is 3.31. The van der Waals surface area contributed by atoms with Crippen LogP contribution in [-0.4, -0.2) is 37.2 Å². The molecule has 4 aromatic rings. The molecule has 0 aliphatic rings. The zero-order chi connectivity index (χ0) is 14.4. The Hall–Kier alpha value is -3.16. The summed E-state index contributed by atoms with van der Waals surface area (Å²) in [5.74, 6) is 0.285. The molecule has 1 N–H and O–H groups in total. The molecule has 0 spiro atoms. The van der Waals surface area contributed by atoms with E-state index in [2.05, 4.69) is 25.2 Å². The summed E-state index contributed by atoms with van der Waals surface area (Å²) >= 11 is 0. The average molecular weight is 282 g/mol. The molecule has 8 heteroatoms. The number of fused-ring (bicyclic) bond motifs is 6. The molecule has 0 saturated carbocycles. The largest absolute Gasteiger partial charge is 0.453 e. The summed E-state index contributed by atoms with van der Waals surface area (Å²) in [6.07, 6.45) is 2.79. The van der Waals surface area contributed by atoms with Gasteiger partial charge in [-0.05, 0) is 12.1 Å². The fraction of sp³-hybridized carbons (Fsp3) is 0.0769. The lowest BCUT2D eigenvalue weighted by molar-refractivity contribution is 0.186. The van der Waals surface area contributed by atoms with Gasteiger partial charge in [0.2, 0.25) is 5.95 Å². The molecule has 0 saturated heterocycles. The summed E-state index contributed by atoms with van der Waals surface area (Å²) in [5.41, 5.74) is 2.36. The van der Waals surface area contributed by atoms with E-state index < -0.39 is 6.09 Å². The first kappa shape index (κ1) is 11.6. The molecule has 0 bridgehead atoms. The molecule has 0 aliphatic heterocycles. The Balaban J connectivity index is 2.15. The smallest absolute Gasteiger partial charge is 0.413 e. The lowest BCUT2D eigenvalue weighted by atomic mass is 10.2. The van der Waals surface area contributed by atoms with Gasteiger partial charge in [-0.1, -0.05) is 12.1 Å². The van der Waals surface area contributed by atoms with E-state index in [0.29, 0.717) is 5.65 Å². The maximum atomic E-state index is 11.4. The molecule has 0 atom stereocenters. The van der Waals surface area contributed by atoms with Gasteiger partial charge in [-0.25, -0.2) is 14.2 Å². The molecule has 1 aromatic carbocycles. The number of methoxy groups -OCH3 is 1. The summed E-state index contributed by atoms with van der Waals surface area (Å²) < 4.78 is 8.24. The molecule has 0 aliphatic carbocycles. The van der Waals surface area contributed by atoms with Crippen LogP contribution in [0.2, 0.25) is 0 Å². The van der Waals surface area contributed by atoms with Crippen molar-refractivity contribution in [3.8, 4) is 0 Å². The lowest BCUT2D eigenvalue weighted by Crippen LogP contribution is -2.14. The zero-order valence-corrected chi connectivity index (χ0v) is 11.0. The minimum Gasteiger partial charge on any atom is -0.453 e. The van der Waals surface area contributed by atoms with Crippen LogP contribution < -0.4 is 5.32 Å². The van der Waals surface area contributed by atoms with Crippen LogP contribution in [0.1, 0.15) is 0 Å². The molecule has 104 valence electrons. The summed E-state index contributed by atoms with van der Waals surface area (Å²) in [7, 11) is 1.29. The SMILES string of the molecule is COC(=O)Nc1nnc2c3ccccc3n3cncc3n12. The predicted molar refractivity (Wildman–Crippen MR) is 75.3 cm³/mol. The van der Waals surface area contributed by atoms with E-state index in [1.165, 1.54) is 7.11 Å². The number of nitrogens with zero attached hydrogens (tertiary/aromatic N) is 5.